The summed E-state index contributed by atoms with van der Waals surface area (Å²) in [5, 5.41) is 4.10. The van der Waals surface area contributed by atoms with Crippen molar-refractivity contribution in [3.8, 4) is 0 Å². The number of carbonyl (C=O) groups excluding carboxylic acids is 2. The van der Waals surface area contributed by atoms with Crippen LogP contribution in [0.15, 0.2) is 12.1 Å². The first-order chi connectivity index (χ1) is 10.9. The van der Waals surface area contributed by atoms with Crippen molar-refractivity contribution in [1.29, 1.82) is 0 Å². The van der Waals surface area contributed by atoms with Crippen molar-refractivity contribution in [2.45, 2.75) is 39.7 Å². The van der Waals surface area contributed by atoms with Gasteiger partial charge in [-0.1, -0.05) is 12.1 Å². The maximum atomic E-state index is 12.6. The minimum Gasteiger partial charge on any atom is -0.350 e. The van der Waals surface area contributed by atoms with Crippen LogP contribution in [0.25, 0.3) is 10.9 Å². The number of benzene rings is 1. The number of amides is 2. The van der Waals surface area contributed by atoms with E-state index in [0.717, 1.165) is 28.5 Å². The summed E-state index contributed by atoms with van der Waals surface area (Å²) < 4.78 is 0. The van der Waals surface area contributed by atoms with Gasteiger partial charge in [-0.25, -0.2) is 0 Å². The molecule has 5 nitrogen and oxygen atoms in total. The average molecular weight is 313 g/mol. The molecule has 0 bridgehead atoms. The topological polar surface area (TPSA) is 65.2 Å². The molecule has 1 aromatic heterocycles. The van der Waals surface area contributed by atoms with Crippen molar-refractivity contribution in [1.82, 2.24) is 15.2 Å². The van der Waals surface area contributed by atoms with E-state index in [2.05, 4.69) is 29.4 Å². The molecule has 122 valence electrons. The van der Waals surface area contributed by atoms with E-state index in [9.17, 15) is 9.59 Å². The van der Waals surface area contributed by atoms with Crippen LogP contribution in [0.3, 0.4) is 0 Å². The fourth-order valence-corrected chi connectivity index (χ4v) is 3.43. The third-order valence-electron chi connectivity index (χ3n) is 4.98. The molecule has 3 rings (SSSR count). The molecule has 1 saturated heterocycles. The maximum absolute atomic E-state index is 12.6. The lowest BCUT2D eigenvalue weighted by Crippen LogP contribution is -2.39. The van der Waals surface area contributed by atoms with Crippen LogP contribution in [0.4, 0.5) is 0 Å². The van der Waals surface area contributed by atoms with Crippen molar-refractivity contribution < 1.29 is 9.59 Å². The van der Waals surface area contributed by atoms with E-state index in [4.69, 9.17) is 0 Å². The number of rotatable bonds is 3. The third kappa shape index (κ3) is 2.60. The smallest absolute Gasteiger partial charge is 0.268 e. The summed E-state index contributed by atoms with van der Waals surface area (Å²) in [7, 11) is 1.80. The Morgan fingerprint density at radius 1 is 1.30 bits per heavy atom. The van der Waals surface area contributed by atoms with Gasteiger partial charge < -0.3 is 15.2 Å². The first-order valence-electron chi connectivity index (χ1n) is 8.02. The number of hydrogen-bond acceptors (Lipinski definition) is 2. The van der Waals surface area contributed by atoms with Gasteiger partial charge in [-0.2, -0.15) is 0 Å². The van der Waals surface area contributed by atoms with Gasteiger partial charge in [-0.3, -0.25) is 9.59 Å². The Morgan fingerprint density at radius 2 is 2.00 bits per heavy atom. The van der Waals surface area contributed by atoms with Gasteiger partial charge in [0.25, 0.3) is 5.91 Å². The van der Waals surface area contributed by atoms with E-state index in [0.29, 0.717) is 18.7 Å². The highest BCUT2D eigenvalue weighted by Gasteiger charge is 2.28. The van der Waals surface area contributed by atoms with Gasteiger partial charge >= 0.3 is 0 Å². The number of aromatic nitrogens is 1. The zero-order valence-corrected chi connectivity index (χ0v) is 14.1. The van der Waals surface area contributed by atoms with Crippen molar-refractivity contribution >= 4 is 22.7 Å². The minimum atomic E-state index is -0.106. The number of nitrogens with zero attached hydrogens (tertiary/aromatic N) is 1. The highest BCUT2D eigenvalue weighted by Crippen LogP contribution is 2.27. The van der Waals surface area contributed by atoms with Crippen LogP contribution < -0.4 is 5.32 Å². The molecule has 2 aromatic rings. The number of aryl methyl sites for hydroxylation is 3. The van der Waals surface area contributed by atoms with Crippen LogP contribution >= 0.6 is 0 Å². The molecule has 1 aliphatic rings. The second-order valence-electron chi connectivity index (χ2n) is 6.48. The number of carbonyl (C=O) groups is 2. The minimum absolute atomic E-state index is 0.0969. The molecule has 5 heteroatoms. The molecule has 1 fully saturated rings. The van der Waals surface area contributed by atoms with Crippen molar-refractivity contribution in [3.05, 3.63) is 34.5 Å². The van der Waals surface area contributed by atoms with E-state index < -0.39 is 0 Å². The average Bonchev–Trinajstić information content (AvgIpc) is 3.03. The monoisotopic (exact) mass is 313 g/mol. The first kappa shape index (κ1) is 15.6. The lowest BCUT2D eigenvalue weighted by Gasteiger charge is -2.20. The van der Waals surface area contributed by atoms with E-state index in [1.807, 2.05) is 13.8 Å². The number of H-pyrrole nitrogens is 1. The van der Waals surface area contributed by atoms with Crippen LogP contribution in [0, 0.1) is 20.8 Å². The summed E-state index contributed by atoms with van der Waals surface area (Å²) in [5.74, 6) is 0.0440. The number of hydrogen-bond donors (Lipinski definition) is 2. The largest absolute Gasteiger partial charge is 0.350 e. The van der Waals surface area contributed by atoms with Crippen molar-refractivity contribution in [2.75, 3.05) is 13.6 Å². The number of fused-ring (bicyclic) bond motifs is 1. The number of likely N-dealkylation sites (N-methyl/N-ethyl adjacent to an activating group) is 1. The zero-order chi connectivity index (χ0) is 16.7. The Bertz CT molecular complexity index is 791. The lowest BCUT2D eigenvalue weighted by atomic mass is 10.0. The summed E-state index contributed by atoms with van der Waals surface area (Å²) >= 11 is 0. The molecule has 0 spiro atoms. The molecule has 1 aliphatic heterocycles. The SMILES string of the molecule is Cc1ccc(C)c2c(C)c(C(=O)NC[C@@H]3CCC(=O)N3C)[nH]c12. The molecule has 2 heterocycles. The second kappa shape index (κ2) is 5.72. The summed E-state index contributed by atoms with van der Waals surface area (Å²) in [6.45, 7) is 6.57. The standard InChI is InChI=1S/C18H23N3O2/c1-10-5-6-11(2)16-15(10)12(3)17(20-16)18(23)19-9-13-7-8-14(22)21(13)4/h5-6,13,20H,7-9H2,1-4H3,(H,19,23)/t13-/m0/s1. The Kier molecular flexibility index (Phi) is 3.88. The summed E-state index contributed by atoms with van der Waals surface area (Å²) in [6.07, 6.45) is 1.38. The number of likely N-dealkylation sites (tertiary alicyclic amines) is 1. The van der Waals surface area contributed by atoms with Crippen molar-refractivity contribution in [3.63, 3.8) is 0 Å². The quantitative estimate of drug-likeness (QED) is 0.914. The molecule has 1 aromatic carbocycles. The number of aromatic amines is 1. The zero-order valence-electron chi connectivity index (χ0n) is 14.1. The maximum Gasteiger partial charge on any atom is 0.268 e. The first-order valence-corrected chi connectivity index (χ1v) is 8.02. The Hall–Kier alpha value is -2.30. The molecular formula is C18H23N3O2. The normalized spacial score (nSPS) is 18.0. The van der Waals surface area contributed by atoms with Gasteiger partial charge in [0.15, 0.2) is 0 Å². The molecule has 2 N–H and O–H groups in total. The molecule has 1 atom stereocenters. The molecule has 23 heavy (non-hydrogen) atoms. The molecule has 2 amide bonds. The van der Waals surface area contributed by atoms with Gasteiger partial charge in [0, 0.05) is 37.0 Å². The number of nitrogens with one attached hydrogen (secondary N) is 2. The summed E-state index contributed by atoms with van der Waals surface area (Å²) in [6, 6.07) is 4.24. The predicted molar refractivity (Wildman–Crippen MR) is 90.6 cm³/mol. The van der Waals surface area contributed by atoms with E-state index in [-0.39, 0.29) is 17.9 Å². The van der Waals surface area contributed by atoms with Gasteiger partial charge in [0.2, 0.25) is 5.91 Å². The molecular weight excluding hydrogens is 290 g/mol. The fraction of sp³-hybridized carbons (Fsp3) is 0.444. The van der Waals surface area contributed by atoms with Crippen LogP contribution in [0.2, 0.25) is 0 Å². The van der Waals surface area contributed by atoms with Crippen LogP contribution in [0.5, 0.6) is 0 Å². The Labute approximate surface area is 136 Å². The molecule has 0 radical (unpaired) electrons. The van der Waals surface area contributed by atoms with E-state index >= 15 is 0 Å². The molecule has 0 unspecified atom stereocenters. The van der Waals surface area contributed by atoms with E-state index in [1.54, 1.807) is 11.9 Å². The lowest BCUT2D eigenvalue weighted by molar-refractivity contribution is -0.127. The Balaban J connectivity index is 1.82. The van der Waals surface area contributed by atoms with Gasteiger partial charge in [0.1, 0.15) is 5.69 Å². The van der Waals surface area contributed by atoms with Crippen molar-refractivity contribution in [2.24, 2.45) is 0 Å². The van der Waals surface area contributed by atoms with Gasteiger partial charge in [-0.15, -0.1) is 0 Å². The third-order valence-corrected chi connectivity index (χ3v) is 4.98. The molecule has 0 saturated carbocycles. The predicted octanol–water partition coefficient (Wildman–Crippen LogP) is 2.44. The van der Waals surface area contributed by atoms with Crippen LogP contribution in [-0.2, 0) is 4.79 Å². The summed E-state index contributed by atoms with van der Waals surface area (Å²) in [4.78, 5) is 29.1. The van der Waals surface area contributed by atoms with Crippen LogP contribution in [-0.4, -0.2) is 41.3 Å². The fourth-order valence-electron chi connectivity index (χ4n) is 3.43. The van der Waals surface area contributed by atoms with Gasteiger partial charge in [-0.05, 0) is 43.9 Å². The second-order valence-corrected chi connectivity index (χ2v) is 6.48. The van der Waals surface area contributed by atoms with E-state index in [1.165, 1.54) is 5.56 Å². The van der Waals surface area contributed by atoms with Crippen LogP contribution in [0.1, 0.15) is 40.0 Å². The summed E-state index contributed by atoms with van der Waals surface area (Å²) in [5.41, 5.74) is 4.92. The highest BCUT2D eigenvalue weighted by molar-refractivity contribution is 6.02. The highest BCUT2D eigenvalue weighted by atomic mass is 16.2. The Morgan fingerprint density at radius 3 is 2.61 bits per heavy atom. The molecule has 0 aliphatic carbocycles. The van der Waals surface area contributed by atoms with Gasteiger partial charge in [0.05, 0.1) is 0 Å².